The average Bonchev–Trinajstić information content (AvgIpc) is 2.20. The van der Waals surface area contributed by atoms with E-state index < -0.39 is 12.5 Å². The van der Waals surface area contributed by atoms with E-state index in [0.717, 1.165) is 0 Å². The van der Waals surface area contributed by atoms with E-state index >= 15 is 0 Å². The highest BCUT2D eigenvalue weighted by Crippen LogP contribution is 2.31. The second-order valence-corrected chi connectivity index (χ2v) is 3.81. The van der Waals surface area contributed by atoms with Gasteiger partial charge in [0.05, 0.1) is 6.61 Å². The van der Waals surface area contributed by atoms with Crippen molar-refractivity contribution < 1.29 is 18.6 Å². The summed E-state index contributed by atoms with van der Waals surface area (Å²) in [5, 5.41) is 9.28. The standard InChI is InChI=1S/C10H11BrF2O2/c1-2-15-8-4-3-6(11)5-7(8)9(14)10(12)13/h3-5,9-10,14H,2H2,1H3. The van der Waals surface area contributed by atoms with Gasteiger partial charge in [-0.05, 0) is 25.1 Å². The number of aliphatic hydroxyl groups is 1. The second kappa shape index (κ2) is 5.42. The van der Waals surface area contributed by atoms with Crippen LogP contribution < -0.4 is 4.74 Å². The first-order valence-corrected chi connectivity index (χ1v) is 5.24. The summed E-state index contributed by atoms with van der Waals surface area (Å²) in [6, 6.07) is 4.66. The maximum absolute atomic E-state index is 12.3. The topological polar surface area (TPSA) is 29.5 Å². The Hall–Kier alpha value is -0.680. The predicted octanol–water partition coefficient (Wildman–Crippen LogP) is 3.15. The zero-order valence-electron chi connectivity index (χ0n) is 8.08. The van der Waals surface area contributed by atoms with Crippen LogP contribution in [-0.4, -0.2) is 18.1 Å². The molecule has 2 nitrogen and oxygen atoms in total. The fourth-order valence-corrected chi connectivity index (χ4v) is 1.55. The monoisotopic (exact) mass is 280 g/mol. The molecule has 0 aliphatic heterocycles. The van der Waals surface area contributed by atoms with Gasteiger partial charge in [-0.1, -0.05) is 15.9 Å². The molecule has 0 amide bonds. The molecule has 1 atom stereocenters. The van der Waals surface area contributed by atoms with Gasteiger partial charge in [0.15, 0.2) is 0 Å². The van der Waals surface area contributed by atoms with Crippen LogP contribution in [0.5, 0.6) is 5.75 Å². The highest BCUT2D eigenvalue weighted by molar-refractivity contribution is 9.10. The van der Waals surface area contributed by atoms with E-state index in [1.807, 2.05) is 0 Å². The van der Waals surface area contributed by atoms with E-state index in [4.69, 9.17) is 4.74 Å². The largest absolute Gasteiger partial charge is 0.493 e. The zero-order valence-corrected chi connectivity index (χ0v) is 9.67. The normalized spacial score (nSPS) is 12.9. The average molecular weight is 281 g/mol. The summed E-state index contributed by atoms with van der Waals surface area (Å²) < 4.78 is 30.5. The molecule has 0 heterocycles. The molecule has 0 radical (unpaired) electrons. The van der Waals surface area contributed by atoms with Gasteiger partial charge in [0.1, 0.15) is 11.9 Å². The Morgan fingerprint density at radius 1 is 1.47 bits per heavy atom. The molecule has 1 rings (SSSR count). The van der Waals surface area contributed by atoms with Crippen molar-refractivity contribution in [3.63, 3.8) is 0 Å². The van der Waals surface area contributed by atoms with Crippen molar-refractivity contribution in [3.8, 4) is 5.75 Å². The van der Waals surface area contributed by atoms with E-state index in [1.165, 1.54) is 6.07 Å². The second-order valence-electron chi connectivity index (χ2n) is 2.89. The molecule has 84 valence electrons. The van der Waals surface area contributed by atoms with Crippen LogP contribution in [0.15, 0.2) is 22.7 Å². The number of ether oxygens (including phenoxy) is 1. The van der Waals surface area contributed by atoms with Crippen molar-refractivity contribution in [1.29, 1.82) is 0 Å². The Kier molecular flexibility index (Phi) is 4.47. The van der Waals surface area contributed by atoms with Gasteiger partial charge >= 0.3 is 0 Å². The van der Waals surface area contributed by atoms with Gasteiger partial charge < -0.3 is 9.84 Å². The Morgan fingerprint density at radius 3 is 2.67 bits per heavy atom. The minimum absolute atomic E-state index is 0.0984. The van der Waals surface area contributed by atoms with Gasteiger partial charge in [0, 0.05) is 10.0 Å². The van der Waals surface area contributed by atoms with Gasteiger partial charge in [0.2, 0.25) is 0 Å². The van der Waals surface area contributed by atoms with Gasteiger partial charge in [-0.15, -0.1) is 0 Å². The molecule has 0 fully saturated rings. The third-order valence-electron chi connectivity index (χ3n) is 1.83. The van der Waals surface area contributed by atoms with Crippen LogP contribution in [0.4, 0.5) is 8.78 Å². The Morgan fingerprint density at radius 2 is 2.13 bits per heavy atom. The van der Waals surface area contributed by atoms with Crippen LogP contribution in [0.3, 0.4) is 0 Å². The molecule has 15 heavy (non-hydrogen) atoms. The molecule has 0 aliphatic carbocycles. The molecular formula is C10H11BrF2O2. The minimum atomic E-state index is -2.82. The third-order valence-corrected chi connectivity index (χ3v) is 2.32. The number of aliphatic hydroxyl groups excluding tert-OH is 1. The highest BCUT2D eigenvalue weighted by Gasteiger charge is 2.23. The van der Waals surface area contributed by atoms with Crippen LogP contribution in [0, 0.1) is 0 Å². The lowest BCUT2D eigenvalue weighted by molar-refractivity contribution is -0.00724. The lowest BCUT2D eigenvalue weighted by atomic mass is 10.1. The van der Waals surface area contributed by atoms with E-state index in [2.05, 4.69) is 15.9 Å². The van der Waals surface area contributed by atoms with Gasteiger partial charge in [-0.3, -0.25) is 0 Å². The van der Waals surface area contributed by atoms with E-state index in [9.17, 15) is 13.9 Å². The number of hydrogen-bond donors (Lipinski definition) is 1. The first kappa shape index (κ1) is 12.4. The van der Waals surface area contributed by atoms with Crippen molar-refractivity contribution in [2.45, 2.75) is 19.5 Å². The first-order chi connectivity index (χ1) is 7.06. The summed E-state index contributed by atoms with van der Waals surface area (Å²) in [5.74, 6) is 0.286. The minimum Gasteiger partial charge on any atom is -0.493 e. The maximum atomic E-state index is 12.3. The summed E-state index contributed by atoms with van der Waals surface area (Å²) >= 11 is 3.15. The summed E-state index contributed by atoms with van der Waals surface area (Å²) in [5.41, 5.74) is 0.0984. The van der Waals surface area contributed by atoms with E-state index in [1.54, 1.807) is 19.1 Å². The molecule has 0 saturated carbocycles. The van der Waals surface area contributed by atoms with Crippen LogP contribution in [0.1, 0.15) is 18.6 Å². The van der Waals surface area contributed by atoms with Gasteiger partial charge in [-0.2, -0.15) is 0 Å². The summed E-state index contributed by atoms with van der Waals surface area (Å²) in [7, 11) is 0. The van der Waals surface area contributed by atoms with Crippen molar-refractivity contribution in [2.24, 2.45) is 0 Å². The molecular weight excluding hydrogens is 270 g/mol. The van der Waals surface area contributed by atoms with Gasteiger partial charge in [0.25, 0.3) is 6.43 Å². The molecule has 1 N–H and O–H groups in total. The SMILES string of the molecule is CCOc1ccc(Br)cc1C(O)C(F)F. The molecule has 0 saturated heterocycles. The van der Waals surface area contributed by atoms with Crippen molar-refractivity contribution in [3.05, 3.63) is 28.2 Å². The number of hydrogen-bond acceptors (Lipinski definition) is 2. The lowest BCUT2D eigenvalue weighted by Crippen LogP contribution is -2.10. The molecule has 0 bridgehead atoms. The van der Waals surface area contributed by atoms with Crippen molar-refractivity contribution in [2.75, 3.05) is 6.61 Å². The number of rotatable bonds is 4. The smallest absolute Gasteiger partial charge is 0.268 e. The lowest BCUT2D eigenvalue weighted by Gasteiger charge is -2.15. The fourth-order valence-electron chi connectivity index (χ4n) is 1.17. The number of alkyl halides is 2. The molecule has 0 aliphatic rings. The Labute approximate surface area is 95.0 Å². The van der Waals surface area contributed by atoms with Crippen LogP contribution in [0.25, 0.3) is 0 Å². The number of halogens is 3. The summed E-state index contributed by atoms with van der Waals surface area (Å²) in [4.78, 5) is 0. The van der Waals surface area contributed by atoms with E-state index in [0.29, 0.717) is 11.1 Å². The Bertz CT molecular complexity index is 331. The molecule has 0 aromatic heterocycles. The number of benzene rings is 1. The van der Waals surface area contributed by atoms with Crippen LogP contribution >= 0.6 is 15.9 Å². The van der Waals surface area contributed by atoms with Crippen molar-refractivity contribution in [1.82, 2.24) is 0 Å². The molecule has 5 heteroatoms. The highest BCUT2D eigenvalue weighted by atomic mass is 79.9. The third kappa shape index (κ3) is 3.14. The molecule has 0 spiro atoms. The maximum Gasteiger partial charge on any atom is 0.268 e. The fraction of sp³-hybridized carbons (Fsp3) is 0.400. The van der Waals surface area contributed by atoms with Crippen LogP contribution in [-0.2, 0) is 0 Å². The molecule has 1 aromatic carbocycles. The van der Waals surface area contributed by atoms with E-state index in [-0.39, 0.29) is 11.3 Å². The zero-order chi connectivity index (χ0) is 11.4. The Balaban J connectivity index is 3.06. The molecule has 1 aromatic rings. The van der Waals surface area contributed by atoms with Gasteiger partial charge in [-0.25, -0.2) is 8.78 Å². The molecule has 1 unspecified atom stereocenters. The first-order valence-electron chi connectivity index (χ1n) is 4.44. The summed E-state index contributed by atoms with van der Waals surface area (Å²) in [6.07, 6.45) is -4.64. The summed E-state index contributed by atoms with van der Waals surface area (Å²) in [6.45, 7) is 2.12. The van der Waals surface area contributed by atoms with Crippen LogP contribution in [0.2, 0.25) is 0 Å². The quantitative estimate of drug-likeness (QED) is 0.918. The predicted molar refractivity (Wildman–Crippen MR) is 56.3 cm³/mol. The van der Waals surface area contributed by atoms with Crippen molar-refractivity contribution >= 4 is 15.9 Å².